The van der Waals surface area contributed by atoms with Crippen LogP contribution >= 0.6 is 23.2 Å². The molecule has 0 radical (unpaired) electrons. The van der Waals surface area contributed by atoms with Gasteiger partial charge in [-0.3, -0.25) is 0 Å². The summed E-state index contributed by atoms with van der Waals surface area (Å²) >= 11 is 12.6. The van der Waals surface area contributed by atoms with E-state index in [0.717, 1.165) is 36.5 Å². The number of hydrogen-bond acceptors (Lipinski definition) is 5. The standard InChI is InChI=1S/C25H32Cl2FN5/c1-15-8-20(9-15)32-7-3-4-17(12-32)18-13-33(14-18)25-29-11-23(27)24(31-25)30-16(2)21-6-5-19(28)10-22(21)26/h5-6,10-11,15-18,20H,3-4,7-9,12-14H2,1-2H3,(H,29,30,31)/t15?,16-,17+,20?/m1/s1. The molecule has 1 N–H and O–H groups in total. The quantitative estimate of drug-likeness (QED) is 0.533. The molecule has 3 fully saturated rings. The second-order valence-electron chi connectivity index (χ2n) is 10.2. The minimum Gasteiger partial charge on any atom is -0.362 e. The number of nitrogens with one attached hydrogen (secondary N) is 1. The maximum absolute atomic E-state index is 13.4. The van der Waals surface area contributed by atoms with Crippen molar-refractivity contribution in [2.45, 2.75) is 51.6 Å². The Morgan fingerprint density at radius 2 is 1.91 bits per heavy atom. The summed E-state index contributed by atoms with van der Waals surface area (Å²) in [7, 11) is 0. The molecule has 1 saturated carbocycles. The van der Waals surface area contributed by atoms with Crippen LogP contribution in [0, 0.1) is 23.6 Å². The van der Waals surface area contributed by atoms with Crippen molar-refractivity contribution in [2.24, 2.45) is 17.8 Å². The molecule has 2 saturated heterocycles. The Bertz CT molecular complexity index is 993. The third kappa shape index (κ3) is 4.94. The maximum atomic E-state index is 13.4. The predicted octanol–water partition coefficient (Wildman–Crippen LogP) is 6.04. The van der Waals surface area contributed by atoms with E-state index in [1.54, 1.807) is 12.3 Å². The Morgan fingerprint density at radius 3 is 2.64 bits per heavy atom. The van der Waals surface area contributed by atoms with Crippen LogP contribution < -0.4 is 10.2 Å². The molecule has 5 nitrogen and oxygen atoms in total. The first-order chi connectivity index (χ1) is 15.9. The average molecular weight is 492 g/mol. The summed E-state index contributed by atoms with van der Waals surface area (Å²) in [6.45, 7) is 8.84. The number of nitrogens with zero attached hydrogens (tertiary/aromatic N) is 4. The molecule has 3 heterocycles. The van der Waals surface area contributed by atoms with Gasteiger partial charge in [0, 0.05) is 30.7 Å². The second-order valence-corrected chi connectivity index (χ2v) is 11.0. The van der Waals surface area contributed by atoms with E-state index in [4.69, 9.17) is 28.2 Å². The Labute approximate surface area is 205 Å². The maximum Gasteiger partial charge on any atom is 0.227 e. The van der Waals surface area contributed by atoms with Crippen LogP contribution in [0.3, 0.4) is 0 Å². The monoisotopic (exact) mass is 491 g/mol. The van der Waals surface area contributed by atoms with Gasteiger partial charge in [0.05, 0.1) is 12.2 Å². The largest absolute Gasteiger partial charge is 0.362 e. The van der Waals surface area contributed by atoms with E-state index in [1.165, 1.54) is 50.9 Å². The summed E-state index contributed by atoms with van der Waals surface area (Å²) in [6.07, 6.45) is 7.06. The molecule has 8 heteroatoms. The minimum atomic E-state index is -0.353. The van der Waals surface area contributed by atoms with E-state index in [2.05, 4.69) is 27.0 Å². The van der Waals surface area contributed by atoms with Crippen molar-refractivity contribution in [2.75, 3.05) is 36.4 Å². The molecule has 5 rings (SSSR count). The SMILES string of the molecule is CC1CC(N2CCC[C@H](C3CN(c4ncc(Cl)c(N[C@H](C)c5ccc(F)cc5Cl)n4)C3)C2)C1. The zero-order chi connectivity index (χ0) is 23.1. The number of hydrogen-bond donors (Lipinski definition) is 1. The predicted molar refractivity (Wildman–Crippen MR) is 133 cm³/mol. The molecular formula is C25H32Cl2FN5. The fraction of sp³-hybridized carbons (Fsp3) is 0.600. The van der Waals surface area contributed by atoms with Gasteiger partial charge in [-0.1, -0.05) is 36.2 Å². The second kappa shape index (κ2) is 9.55. The molecule has 1 aromatic carbocycles. The van der Waals surface area contributed by atoms with E-state index >= 15 is 0 Å². The van der Waals surface area contributed by atoms with Crippen LogP contribution in [-0.2, 0) is 0 Å². The van der Waals surface area contributed by atoms with Crippen molar-refractivity contribution < 1.29 is 4.39 Å². The lowest BCUT2D eigenvalue weighted by Gasteiger charge is -2.50. The average Bonchev–Trinajstić information content (AvgIpc) is 2.73. The van der Waals surface area contributed by atoms with Gasteiger partial charge in [0.2, 0.25) is 5.95 Å². The van der Waals surface area contributed by atoms with E-state index in [-0.39, 0.29) is 11.9 Å². The minimum absolute atomic E-state index is 0.176. The normalized spacial score (nSPS) is 27.1. The Hall–Kier alpha value is -1.63. The molecule has 33 heavy (non-hydrogen) atoms. The highest BCUT2D eigenvalue weighted by atomic mass is 35.5. The molecule has 2 aliphatic heterocycles. The molecule has 2 aromatic rings. The molecule has 0 bridgehead atoms. The molecule has 0 spiro atoms. The van der Waals surface area contributed by atoms with Gasteiger partial charge in [-0.15, -0.1) is 0 Å². The highest BCUT2D eigenvalue weighted by Gasteiger charge is 2.40. The van der Waals surface area contributed by atoms with Gasteiger partial charge in [0.1, 0.15) is 10.8 Å². The van der Waals surface area contributed by atoms with Gasteiger partial charge in [-0.05, 0) is 74.6 Å². The smallest absolute Gasteiger partial charge is 0.227 e. The summed E-state index contributed by atoms with van der Waals surface area (Å²) < 4.78 is 13.4. The van der Waals surface area contributed by atoms with Crippen LogP contribution in [0.15, 0.2) is 24.4 Å². The van der Waals surface area contributed by atoms with Gasteiger partial charge < -0.3 is 15.1 Å². The van der Waals surface area contributed by atoms with E-state index < -0.39 is 0 Å². The van der Waals surface area contributed by atoms with Gasteiger partial charge in [0.25, 0.3) is 0 Å². The third-order valence-electron chi connectivity index (χ3n) is 7.73. The molecule has 1 aromatic heterocycles. The van der Waals surface area contributed by atoms with Gasteiger partial charge in [0.15, 0.2) is 5.82 Å². The zero-order valence-electron chi connectivity index (χ0n) is 19.3. The summed E-state index contributed by atoms with van der Waals surface area (Å²) in [5.41, 5.74) is 0.793. The van der Waals surface area contributed by atoms with Crippen molar-refractivity contribution in [3.63, 3.8) is 0 Å². The number of rotatable bonds is 6. The van der Waals surface area contributed by atoms with Crippen LogP contribution in [0.25, 0.3) is 0 Å². The fourth-order valence-electron chi connectivity index (χ4n) is 5.64. The third-order valence-corrected chi connectivity index (χ3v) is 8.33. The first-order valence-corrected chi connectivity index (χ1v) is 12.9. The first-order valence-electron chi connectivity index (χ1n) is 12.1. The van der Waals surface area contributed by atoms with E-state index in [9.17, 15) is 4.39 Å². The lowest BCUT2D eigenvalue weighted by molar-refractivity contribution is 0.0294. The summed E-state index contributed by atoms with van der Waals surface area (Å²) in [5.74, 6) is 3.31. The number of anilines is 2. The molecule has 0 unspecified atom stereocenters. The van der Waals surface area contributed by atoms with Gasteiger partial charge >= 0.3 is 0 Å². The highest BCUT2D eigenvalue weighted by Crippen LogP contribution is 2.38. The Morgan fingerprint density at radius 1 is 1.12 bits per heavy atom. The molecule has 178 valence electrons. The number of benzene rings is 1. The molecule has 0 amide bonds. The van der Waals surface area contributed by atoms with Crippen molar-refractivity contribution in [3.05, 3.63) is 45.8 Å². The molecule has 3 aliphatic rings. The van der Waals surface area contributed by atoms with Crippen LogP contribution in [-0.4, -0.2) is 47.1 Å². The van der Waals surface area contributed by atoms with Crippen molar-refractivity contribution >= 4 is 35.0 Å². The Kier molecular flexibility index (Phi) is 6.69. The number of likely N-dealkylation sites (tertiary alicyclic amines) is 1. The van der Waals surface area contributed by atoms with Crippen molar-refractivity contribution in [1.29, 1.82) is 0 Å². The first kappa shape index (κ1) is 23.1. The molecular weight excluding hydrogens is 460 g/mol. The van der Waals surface area contributed by atoms with Crippen LogP contribution in [0.1, 0.15) is 51.1 Å². The molecule has 2 atom stereocenters. The number of halogens is 3. The number of aromatic nitrogens is 2. The topological polar surface area (TPSA) is 44.3 Å². The van der Waals surface area contributed by atoms with Crippen molar-refractivity contribution in [1.82, 2.24) is 14.9 Å². The fourth-order valence-corrected chi connectivity index (χ4v) is 6.11. The van der Waals surface area contributed by atoms with Gasteiger partial charge in [-0.25, -0.2) is 9.37 Å². The number of piperidine rings is 1. The molecule has 1 aliphatic carbocycles. The summed E-state index contributed by atoms with van der Waals surface area (Å²) in [5, 5.41) is 4.15. The van der Waals surface area contributed by atoms with Crippen LogP contribution in [0.5, 0.6) is 0 Å². The lowest BCUT2D eigenvalue weighted by Crippen LogP contribution is -2.56. The van der Waals surface area contributed by atoms with E-state index in [0.29, 0.717) is 27.7 Å². The summed E-state index contributed by atoms with van der Waals surface area (Å²) in [6, 6.07) is 5.06. The van der Waals surface area contributed by atoms with Crippen LogP contribution in [0.2, 0.25) is 10.0 Å². The highest BCUT2D eigenvalue weighted by molar-refractivity contribution is 6.33. The zero-order valence-corrected chi connectivity index (χ0v) is 20.8. The van der Waals surface area contributed by atoms with Gasteiger partial charge in [-0.2, -0.15) is 4.98 Å². The Balaban J connectivity index is 1.19. The van der Waals surface area contributed by atoms with Crippen LogP contribution in [0.4, 0.5) is 16.2 Å². The summed E-state index contributed by atoms with van der Waals surface area (Å²) in [4.78, 5) is 14.2. The van der Waals surface area contributed by atoms with E-state index in [1.807, 2.05) is 6.92 Å². The lowest BCUT2D eigenvalue weighted by atomic mass is 9.76. The van der Waals surface area contributed by atoms with Crippen molar-refractivity contribution in [3.8, 4) is 0 Å².